The predicted molar refractivity (Wildman–Crippen MR) is 105 cm³/mol. The molecule has 0 aliphatic heterocycles. The summed E-state index contributed by atoms with van der Waals surface area (Å²) in [5.41, 5.74) is 0.895. The molecule has 1 aromatic carbocycles. The third-order valence-corrected chi connectivity index (χ3v) is 9.71. The average molecular weight is 508 g/mol. The van der Waals surface area contributed by atoms with Crippen molar-refractivity contribution in [2.75, 3.05) is 7.05 Å². The fraction of sp³-hybridized carbons (Fsp3) is 0.611. The Hall–Kier alpha value is 0.130. The van der Waals surface area contributed by atoms with Gasteiger partial charge in [-0.05, 0) is 23.8 Å². The van der Waals surface area contributed by atoms with Gasteiger partial charge in [0.1, 0.15) is 0 Å². The van der Waals surface area contributed by atoms with Crippen molar-refractivity contribution in [1.82, 2.24) is 4.90 Å². The number of fused-ring (bicyclic) bond motifs is 1. The van der Waals surface area contributed by atoms with Gasteiger partial charge in [-0.15, -0.1) is 0 Å². The van der Waals surface area contributed by atoms with Crippen LogP contribution in [0.3, 0.4) is 0 Å². The maximum Gasteiger partial charge on any atom is 0.230 e. The maximum absolute atomic E-state index is 13.4. The third-order valence-electron chi connectivity index (χ3n) is 6.48. The Morgan fingerprint density at radius 1 is 1.26 bits per heavy atom. The predicted octanol–water partition coefficient (Wildman–Crippen LogP) is 5.33. The van der Waals surface area contributed by atoms with Crippen molar-refractivity contribution in [3.8, 4) is 0 Å². The number of hydrogen-bond donors (Lipinski definition) is 0. The van der Waals surface area contributed by atoms with E-state index in [-0.39, 0.29) is 30.7 Å². The van der Waals surface area contributed by atoms with E-state index in [9.17, 15) is 4.79 Å². The van der Waals surface area contributed by atoms with Crippen molar-refractivity contribution >= 4 is 53.7 Å². The normalized spacial score (nSPS) is 34.3. The molecule has 5 heteroatoms. The summed E-state index contributed by atoms with van der Waals surface area (Å²) >= 11 is 11.4. The number of hydrogen-bond acceptors (Lipinski definition) is 1. The summed E-state index contributed by atoms with van der Waals surface area (Å²) < 4.78 is 0.213. The van der Waals surface area contributed by atoms with Crippen LogP contribution < -0.4 is 0 Å². The van der Waals surface area contributed by atoms with E-state index < -0.39 is 0 Å². The van der Waals surface area contributed by atoms with Crippen LogP contribution >= 0.6 is 47.8 Å². The summed E-state index contributed by atoms with van der Waals surface area (Å²) in [6.45, 7) is 5.17. The summed E-state index contributed by atoms with van der Waals surface area (Å²) in [5.74, 6) is 0.266. The zero-order chi connectivity index (χ0) is 17.0. The number of amides is 1. The first kappa shape index (κ1) is 17.9. The minimum atomic E-state index is -0.309. The lowest BCUT2D eigenvalue weighted by Gasteiger charge is -2.66. The van der Waals surface area contributed by atoms with Crippen LogP contribution in [0.25, 0.3) is 0 Å². The molecule has 0 saturated heterocycles. The molecule has 0 aromatic heterocycles. The highest BCUT2D eigenvalue weighted by molar-refractivity contribution is 9.24. The average Bonchev–Trinajstić information content (AvgIpc) is 2.97. The molecule has 3 aliphatic rings. The van der Waals surface area contributed by atoms with Crippen molar-refractivity contribution in [1.29, 1.82) is 0 Å². The monoisotopic (exact) mass is 505 g/mol. The van der Waals surface area contributed by atoms with Gasteiger partial charge in [0.25, 0.3) is 0 Å². The quantitative estimate of drug-likeness (QED) is 0.504. The molecule has 0 radical (unpaired) electrons. The van der Waals surface area contributed by atoms with E-state index >= 15 is 0 Å². The van der Waals surface area contributed by atoms with Gasteiger partial charge in [0, 0.05) is 23.8 Å². The molecule has 126 valence electrons. The summed E-state index contributed by atoms with van der Waals surface area (Å²) in [5, 5.41) is 0. The highest BCUT2D eigenvalue weighted by atomic mass is 79.9. The standard InChI is InChI=1S/C18H22Br3NO/c1-16(2)17(14(20)21)9-10-18(16,13(17)19)15(23)22(3)11-12-7-5-4-6-8-12/h4-8,13-14H,9-11H2,1-3H3. The number of alkyl halides is 3. The molecule has 3 saturated carbocycles. The van der Waals surface area contributed by atoms with Crippen LogP contribution in [-0.2, 0) is 11.3 Å². The first-order valence-electron chi connectivity index (χ1n) is 7.93. The molecule has 4 rings (SSSR count). The van der Waals surface area contributed by atoms with Gasteiger partial charge in [-0.1, -0.05) is 92.0 Å². The van der Waals surface area contributed by atoms with Gasteiger partial charge < -0.3 is 4.90 Å². The van der Waals surface area contributed by atoms with Gasteiger partial charge in [0.2, 0.25) is 5.91 Å². The second-order valence-corrected chi connectivity index (χ2v) is 11.4. The van der Waals surface area contributed by atoms with E-state index in [1.54, 1.807) is 0 Å². The lowest BCUT2D eigenvalue weighted by atomic mass is 9.43. The molecule has 23 heavy (non-hydrogen) atoms. The molecular formula is C18H22Br3NO. The Morgan fingerprint density at radius 2 is 1.87 bits per heavy atom. The van der Waals surface area contributed by atoms with Gasteiger partial charge in [0.05, 0.1) is 9.15 Å². The Kier molecular flexibility index (Phi) is 4.56. The van der Waals surface area contributed by atoms with Crippen LogP contribution in [0.1, 0.15) is 32.3 Å². The van der Waals surface area contributed by atoms with Gasteiger partial charge in [0.15, 0.2) is 0 Å². The molecule has 3 atom stereocenters. The van der Waals surface area contributed by atoms with Gasteiger partial charge >= 0.3 is 0 Å². The van der Waals surface area contributed by atoms with E-state index in [1.165, 1.54) is 5.56 Å². The van der Waals surface area contributed by atoms with Crippen LogP contribution in [0.2, 0.25) is 0 Å². The van der Waals surface area contributed by atoms with Crippen molar-refractivity contribution < 1.29 is 4.79 Å². The second kappa shape index (κ2) is 5.84. The van der Waals surface area contributed by atoms with Crippen LogP contribution in [0, 0.1) is 16.2 Å². The lowest BCUT2D eigenvalue weighted by Crippen LogP contribution is -2.72. The SMILES string of the molecule is CN(Cc1ccccc1)C(=O)C12CCC(C(Br)Br)(C1Br)C2(C)C. The Balaban J connectivity index is 1.86. The van der Waals surface area contributed by atoms with Gasteiger partial charge in [-0.3, -0.25) is 4.79 Å². The highest BCUT2D eigenvalue weighted by Crippen LogP contribution is 2.82. The lowest BCUT2D eigenvalue weighted by molar-refractivity contribution is -0.172. The number of carbonyl (C=O) groups is 1. The molecule has 3 fully saturated rings. The number of nitrogens with zero attached hydrogens (tertiary/aromatic N) is 1. The molecule has 2 nitrogen and oxygen atoms in total. The zero-order valence-corrected chi connectivity index (χ0v) is 18.4. The minimum absolute atomic E-state index is 0.0478. The summed E-state index contributed by atoms with van der Waals surface area (Å²) in [6, 6.07) is 10.2. The highest BCUT2D eigenvalue weighted by Gasteiger charge is 2.83. The molecule has 2 bridgehead atoms. The Labute approximate surface area is 163 Å². The number of halogens is 3. The molecule has 0 N–H and O–H groups in total. The van der Waals surface area contributed by atoms with Crippen molar-refractivity contribution in [2.45, 2.75) is 41.8 Å². The molecule has 1 aromatic rings. The van der Waals surface area contributed by atoms with E-state index in [0.717, 1.165) is 12.8 Å². The van der Waals surface area contributed by atoms with Crippen LogP contribution in [-0.4, -0.2) is 26.4 Å². The van der Waals surface area contributed by atoms with Crippen molar-refractivity contribution in [3.63, 3.8) is 0 Å². The van der Waals surface area contributed by atoms with E-state index in [1.807, 2.05) is 30.1 Å². The van der Waals surface area contributed by atoms with Crippen LogP contribution in [0.5, 0.6) is 0 Å². The van der Waals surface area contributed by atoms with Crippen LogP contribution in [0.15, 0.2) is 30.3 Å². The first-order valence-corrected chi connectivity index (χ1v) is 10.7. The molecule has 3 unspecified atom stereocenters. The van der Waals surface area contributed by atoms with Crippen molar-refractivity contribution in [3.05, 3.63) is 35.9 Å². The smallest absolute Gasteiger partial charge is 0.230 e. The summed E-state index contributed by atoms with van der Waals surface area (Å²) in [6.07, 6.45) is 2.00. The third kappa shape index (κ3) is 2.11. The summed E-state index contributed by atoms with van der Waals surface area (Å²) in [7, 11) is 1.93. The topological polar surface area (TPSA) is 20.3 Å². The van der Waals surface area contributed by atoms with Crippen LogP contribution in [0.4, 0.5) is 0 Å². The number of benzene rings is 1. The van der Waals surface area contributed by atoms with Gasteiger partial charge in [-0.25, -0.2) is 0 Å². The van der Waals surface area contributed by atoms with Gasteiger partial charge in [-0.2, -0.15) is 0 Å². The molecule has 3 aliphatic carbocycles. The minimum Gasteiger partial charge on any atom is -0.341 e. The summed E-state index contributed by atoms with van der Waals surface area (Å²) in [4.78, 5) is 15.5. The van der Waals surface area contributed by atoms with E-state index in [4.69, 9.17) is 0 Å². The first-order chi connectivity index (χ1) is 10.7. The fourth-order valence-electron chi connectivity index (χ4n) is 4.94. The Morgan fingerprint density at radius 3 is 2.35 bits per heavy atom. The Bertz CT molecular complexity index is 618. The largest absolute Gasteiger partial charge is 0.341 e. The second-order valence-electron chi connectivity index (χ2n) is 7.45. The number of carbonyl (C=O) groups excluding carboxylic acids is 1. The zero-order valence-electron chi connectivity index (χ0n) is 13.7. The molecule has 1 amide bonds. The van der Waals surface area contributed by atoms with E-state index in [2.05, 4.69) is 73.8 Å². The molecular weight excluding hydrogens is 486 g/mol. The maximum atomic E-state index is 13.4. The van der Waals surface area contributed by atoms with E-state index in [0.29, 0.717) is 6.54 Å². The number of rotatable bonds is 4. The van der Waals surface area contributed by atoms with Crippen molar-refractivity contribution in [2.24, 2.45) is 16.2 Å². The molecule has 0 heterocycles. The molecule has 0 spiro atoms. The fourth-order valence-corrected chi connectivity index (χ4v) is 9.84.